The van der Waals surface area contributed by atoms with E-state index in [4.69, 9.17) is 11.5 Å². The van der Waals surface area contributed by atoms with Crippen molar-refractivity contribution in [1.29, 1.82) is 0 Å². The maximum absolute atomic E-state index is 5.36. The Balaban J connectivity index is 2.74. The van der Waals surface area contributed by atoms with E-state index in [-0.39, 0.29) is 0 Å². The van der Waals surface area contributed by atoms with E-state index in [0.717, 1.165) is 0 Å². The van der Waals surface area contributed by atoms with Gasteiger partial charge in [-0.05, 0) is 0 Å². The lowest BCUT2D eigenvalue weighted by molar-refractivity contribution is 0.273. The van der Waals surface area contributed by atoms with E-state index in [1.165, 1.54) is 5.12 Å². The average Bonchev–Trinajstić information content (AvgIpc) is 1.59. The third-order valence-electron chi connectivity index (χ3n) is 0.860. The minimum atomic E-state index is 0.411. The largest absolute Gasteiger partial charge is 0.384 e. The quantitative estimate of drug-likeness (QED) is 0.370. The van der Waals surface area contributed by atoms with Crippen LogP contribution >= 0.6 is 0 Å². The van der Waals surface area contributed by atoms with Crippen molar-refractivity contribution in [3.8, 4) is 0 Å². The van der Waals surface area contributed by atoms with Gasteiger partial charge in [0.25, 0.3) is 0 Å². The summed E-state index contributed by atoms with van der Waals surface area (Å²) in [6.45, 7) is 0. The first kappa shape index (κ1) is 5.74. The van der Waals surface area contributed by atoms with Gasteiger partial charge in [-0.2, -0.15) is 0 Å². The van der Waals surface area contributed by atoms with Gasteiger partial charge in [0.15, 0.2) is 0 Å². The zero-order valence-corrected chi connectivity index (χ0v) is 5.13. The van der Waals surface area contributed by atoms with Crippen LogP contribution in [0.3, 0.4) is 0 Å². The molecular weight excluding hydrogens is 118 g/mol. The highest BCUT2D eigenvalue weighted by atomic mass is 15.7. The van der Waals surface area contributed by atoms with Crippen molar-refractivity contribution < 1.29 is 0 Å². The molecule has 1 aliphatic rings. The predicted octanol–water partition coefficient (Wildman–Crippen LogP) is -1.49. The summed E-state index contributed by atoms with van der Waals surface area (Å²) in [7, 11) is 1.72. The zero-order valence-electron chi connectivity index (χ0n) is 5.13. The fourth-order valence-electron chi connectivity index (χ4n) is 0.606. The first-order valence-electron chi connectivity index (χ1n) is 2.50. The van der Waals surface area contributed by atoms with Gasteiger partial charge in [0.2, 0.25) is 0 Å². The molecule has 5 heteroatoms. The number of hydrazine groups is 1. The van der Waals surface area contributed by atoms with Gasteiger partial charge < -0.3 is 11.5 Å². The summed E-state index contributed by atoms with van der Waals surface area (Å²) in [5.74, 6) is 0.916. The summed E-state index contributed by atoms with van der Waals surface area (Å²) in [5.41, 5.74) is 13.4. The highest BCUT2D eigenvalue weighted by Crippen LogP contribution is 1.89. The molecule has 0 aliphatic carbocycles. The molecule has 0 aromatic rings. The lowest BCUT2D eigenvalue weighted by atomic mass is 10.5. The molecule has 0 fully saturated rings. The van der Waals surface area contributed by atoms with Gasteiger partial charge in [-0.1, -0.05) is 0 Å². The number of nitrogens with two attached hydrogens (primary N) is 2. The molecule has 0 saturated heterocycles. The van der Waals surface area contributed by atoms with E-state index in [1.807, 2.05) is 0 Å². The standard InChI is InChI=1S/C4H9N5/c1-9-7-3(5)2-4(6)8-9/h2,7H,5H2,1H3,(H2,6,8). The molecule has 0 aromatic heterocycles. The SMILES string of the molecule is CN1N=C(N)C=C(N)N1. The number of nitrogens with zero attached hydrogens (tertiary/aromatic N) is 2. The van der Waals surface area contributed by atoms with Crippen LogP contribution in [0.2, 0.25) is 0 Å². The van der Waals surface area contributed by atoms with Crippen LogP contribution in [0.25, 0.3) is 0 Å². The molecule has 0 atom stereocenters. The molecule has 0 amide bonds. The zero-order chi connectivity index (χ0) is 6.85. The van der Waals surface area contributed by atoms with Crippen molar-refractivity contribution >= 4 is 5.84 Å². The number of hydrazone groups is 1. The minimum absolute atomic E-state index is 0.411. The molecular formula is C4H9N5. The van der Waals surface area contributed by atoms with Gasteiger partial charge in [-0.15, -0.1) is 5.10 Å². The number of rotatable bonds is 0. The van der Waals surface area contributed by atoms with Gasteiger partial charge >= 0.3 is 0 Å². The summed E-state index contributed by atoms with van der Waals surface area (Å²) in [4.78, 5) is 0. The second-order valence-corrected chi connectivity index (χ2v) is 1.76. The Morgan fingerprint density at radius 2 is 2.33 bits per heavy atom. The molecule has 5 N–H and O–H groups in total. The molecule has 1 heterocycles. The van der Waals surface area contributed by atoms with E-state index >= 15 is 0 Å². The molecule has 0 aromatic carbocycles. The molecule has 1 rings (SSSR count). The number of hydrogen-bond donors (Lipinski definition) is 3. The Labute approximate surface area is 53.0 Å². The summed E-state index contributed by atoms with van der Waals surface area (Å²) in [5, 5.41) is 5.24. The monoisotopic (exact) mass is 127 g/mol. The fraction of sp³-hybridized carbons (Fsp3) is 0.250. The third kappa shape index (κ3) is 1.25. The van der Waals surface area contributed by atoms with Crippen molar-refractivity contribution in [2.24, 2.45) is 16.6 Å². The van der Waals surface area contributed by atoms with Crippen LogP contribution in [0.15, 0.2) is 17.0 Å². The van der Waals surface area contributed by atoms with Crippen LogP contribution in [-0.4, -0.2) is 18.0 Å². The Morgan fingerprint density at radius 3 is 2.78 bits per heavy atom. The van der Waals surface area contributed by atoms with E-state index in [0.29, 0.717) is 11.7 Å². The summed E-state index contributed by atoms with van der Waals surface area (Å²) >= 11 is 0. The van der Waals surface area contributed by atoms with Crippen LogP contribution < -0.4 is 16.9 Å². The Kier molecular flexibility index (Phi) is 1.18. The van der Waals surface area contributed by atoms with Gasteiger partial charge in [0, 0.05) is 13.1 Å². The molecule has 50 valence electrons. The predicted molar refractivity (Wildman–Crippen MR) is 34.8 cm³/mol. The minimum Gasteiger partial charge on any atom is -0.384 e. The second kappa shape index (κ2) is 1.85. The highest BCUT2D eigenvalue weighted by Gasteiger charge is 2.01. The van der Waals surface area contributed by atoms with Crippen molar-refractivity contribution in [3.05, 3.63) is 11.9 Å². The molecule has 5 nitrogen and oxygen atoms in total. The van der Waals surface area contributed by atoms with E-state index < -0.39 is 0 Å². The smallest absolute Gasteiger partial charge is 0.149 e. The van der Waals surface area contributed by atoms with Gasteiger partial charge in [-0.3, -0.25) is 5.43 Å². The summed E-state index contributed by atoms with van der Waals surface area (Å²) < 4.78 is 0. The molecule has 0 saturated carbocycles. The van der Waals surface area contributed by atoms with Crippen molar-refractivity contribution in [2.45, 2.75) is 0 Å². The molecule has 1 aliphatic heterocycles. The Bertz CT molecular complexity index is 170. The average molecular weight is 127 g/mol. The lowest BCUT2D eigenvalue weighted by Crippen LogP contribution is -2.38. The Hall–Kier alpha value is -1.39. The van der Waals surface area contributed by atoms with E-state index in [2.05, 4.69) is 10.5 Å². The fourth-order valence-corrected chi connectivity index (χ4v) is 0.606. The second-order valence-electron chi connectivity index (χ2n) is 1.76. The summed E-state index contributed by atoms with van der Waals surface area (Å²) in [6, 6.07) is 0. The molecule has 0 radical (unpaired) electrons. The van der Waals surface area contributed by atoms with Crippen LogP contribution in [0, 0.1) is 0 Å². The number of amidine groups is 1. The Morgan fingerprint density at radius 1 is 1.67 bits per heavy atom. The summed E-state index contributed by atoms with van der Waals surface area (Å²) in [6.07, 6.45) is 1.56. The van der Waals surface area contributed by atoms with Crippen LogP contribution in [-0.2, 0) is 0 Å². The van der Waals surface area contributed by atoms with Crippen molar-refractivity contribution in [3.63, 3.8) is 0 Å². The first-order chi connectivity index (χ1) is 4.18. The number of hydrogen-bond acceptors (Lipinski definition) is 5. The highest BCUT2D eigenvalue weighted by molar-refractivity contribution is 5.91. The van der Waals surface area contributed by atoms with Gasteiger partial charge in [0.1, 0.15) is 11.7 Å². The van der Waals surface area contributed by atoms with Gasteiger partial charge in [0.05, 0.1) is 0 Å². The first-order valence-corrected chi connectivity index (χ1v) is 2.50. The van der Waals surface area contributed by atoms with Crippen molar-refractivity contribution in [2.75, 3.05) is 7.05 Å². The lowest BCUT2D eigenvalue weighted by Gasteiger charge is -2.19. The topological polar surface area (TPSA) is 79.7 Å². The normalized spacial score (nSPS) is 18.1. The molecule has 0 spiro atoms. The van der Waals surface area contributed by atoms with Gasteiger partial charge in [-0.25, -0.2) is 5.12 Å². The molecule has 9 heavy (non-hydrogen) atoms. The van der Waals surface area contributed by atoms with Crippen LogP contribution in [0.5, 0.6) is 0 Å². The maximum Gasteiger partial charge on any atom is 0.149 e. The number of nitrogens with one attached hydrogen (secondary N) is 1. The van der Waals surface area contributed by atoms with Crippen LogP contribution in [0.4, 0.5) is 0 Å². The molecule has 0 bridgehead atoms. The maximum atomic E-state index is 5.36. The van der Waals surface area contributed by atoms with E-state index in [9.17, 15) is 0 Å². The van der Waals surface area contributed by atoms with Crippen LogP contribution in [0.1, 0.15) is 0 Å². The third-order valence-corrected chi connectivity index (χ3v) is 0.860. The van der Waals surface area contributed by atoms with E-state index in [1.54, 1.807) is 13.1 Å². The molecule has 0 unspecified atom stereocenters. The van der Waals surface area contributed by atoms with Crippen molar-refractivity contribution in [1.82, 2.24) is 10.5 Å².